The van der Waals surface area contributed by atoms with Crippen molar-refractivity contribution in [3.05, 3.63) is 35.9 Å². The van der Waals surface area contributed by atoms with E-state index >= 15 is 0 Å². The van der Waals surface area contributed by atoms with Crippen LogP contribution in [0.3, 0.4) is 0 Å². The molecule has 2 heteroatoms. The van der Waals surface area contributed by atoms with Gasteiger partial charge < -0.3 is 0 Å². The summed E-state index contributed by atoms with van der Waals surface area (Å²) in [5.74, 6) is 0.508. The molecule has 0 nitrogen and oxygen atoms in total. The average Bonchev–Trinajstić information content (AvgIpc) is 2.06. The van der Waals surface area contributed by atoms with Crippen molar-refractivity contribution in [1.82, 2.24) is 0 Å². The van der Waals surface area contributed by atoms with E-state index in [1.807, 2.05) is 18.2 Å². The lowest BCUT2D eigenvalue weighted by molar-refractivity contribution is 0.571. The van der Waals surface area contributed by atoms with Crippen molar-refractivity contribution >= 4 is 21.8 Å². The molecule has 1 unspecified atom stereocenters. The third-order valence-electron chi connectivity index (χ3n) is 2.42. The van der Waals surface area contributed by atoms with Crippen LogP contribution in [0.5, 0.6) is 0 Å². The first kappa shape index (κ1) is 9.81. The second-order valence-electron chi connectivity index (χ2n) is 3.60. The zero-order valence-corrected chi connectivity index (χ0v) is 10.6. The minimum Gasteiger partial charge on any atom is -0.119 e. The van der Waals surface area contributed by atoms with E-state index in [0.29, 0.717) is 5.92 Å². The molecule has 12 heavy (non-hydrogen) atoms. The fourth-order valence-corrected chi connectivity index (χ4v) is 1.56. The summed E-state index contributed by atoms with van der Waals surface area (Å²) < 4.78 is -0.0960. The second-order valence-corrected chi connectivity index (χ2v) is 6.59. The van der Waals surface area contributed by atoms with E-state index in [1.165, 1.54) is 5.56 Å². The Kier molecular flexibility index (Phi) is 2.97. The van der Waals surface area contributed by atoms with Crippen molar-refractivity contribution in [2.75, 3.05) is 0 Å². The van der Waals surface area contributed by atoms with Gasteiger partial charge in [0.05, 0.1) is 4.50 Å². The Balaban J connectivity index is 2.98. The molecule has 0 aliphatic carbocycles. The minimum atomic E-state index is -0.0960. The lowest BCUT2D eigenvalue weighted by Gasteiger charge is -2.27. The molecule has 0 aliphatic heterocycles. The van der Waals surface area contributed by atoms with Gasteiger partial charge in [-0.15, -0.1) is 11.6 Å². The predicted octanol–water partition coefficient (Wildman–Crippen LogP) is 2.10. The van der Waals surface area contributed by atoms with Crippen molar-refractivity contribution in [3.8, 4) is 0 Å². The van der Waals surface area contributed by atoms with Gasteiger partial charge in [0.2, 0.25) is 0 Å². The molecule has 0 amide bonds. The van der Waals surface area contributed by atoms with E-state index < -0.39 is 0 Å². The van der Waals surface area contributed by atoms with Gasteiger partial charge in [-0.3, -0.25) is 0 Å². The molecular formula is C10H15ClSi. The zero-order chi connectivity index (χ0) is 9.19. The maximum Gasteiger partial charge on any atom is 0.0533 e. The van der Waals surface area contributed by atoms with Crippen molar-refractivity contribution in [2.24, 2.45) is 5.92 Å². The Labute approximate surface area is 82.4 Å². The minimum absolute atomic E-state index is 0.0960. The topological polar surface area (TPSA) is 0 Å². The molecule has 0 saturated heterocycles. The highest BCUT2D eigenvalue weighted by molar-refractivity contribution is 6.44. The van der Waals surface area contributed by atoms with Crippen LogP contribution in [0, 0.1) is 5.92 Å². The molecule has 0 bridgehead atoms. The van der Waals surface area contributed by atoms with Crippen LogP contribution in [0.25, 0.3) is 0 Å². The van der Waals surface area contributed by atoms with Gasteiger partial charge in [-0.1, -0.05) is 44.2 Å². The van der Waals surface area contributed by atoms with Crippen molar-refractivity contribution in [1.29, 1.82) is 0 Å². The molecule has 0 spiro atoms. The van der Waals surface area contributed by atoms with E-state index in [1.54, 1.807) is 0 Å². The lowest BCUT2D eigenvalue weighted by Crippen LogP contribution is -2.25. The second kappa shape index (κ2) is 3.63. The maximum atomic E-state index is 6.46. The third kappa shape index (κ3) is 1.90. The molecule has 0 heterocycles. The van der Waals surface area contributed by atoms with Gasteiger partial charge >= 0.3 is 0 Å². The molecule has 0 radical (unpaired) electrons. The average molecular weight is 199 g/mol. The van der Waals surface area contributed by atoms with Gasteiger partial charge in [0.1, 0.15) is 0 Å². The summed E-state index contributed by atoms with van der Waals surface area (Å²) >= 11 is 6.46. The van der Waals surface area contributed by atoms with Crippen LogP contribution in [-0.2, 0) is 4.50 Å². The zero-order valence-electron chi connectivity index (χ0n) is 7.84. The first-order valence-electron chi connectivity index (χ1n) is 4.29. The number of alkyl halides is 1. The van der Waals surface area contributed by atoms with E-state index in [4.69, 9.17) is 11.6 Å². The van der Waals surface area contributed by atoms with Crippen molar-refractivity contribution in [2.45, 2.75) is 18.3 Å². The van der Waals surface area contributed by atoms with E-state index in [2.05, 4.69) is 26.0 Å². The van der Waals surface area contributed by atoms with Gasteiger partial charge in [-0.25, -0.2) is 0 Å². The standard InChI is InChI=1S/C10H15ClSi/c1-8(2)10(11,12)9-6-4-3-5-7-9/h3-8H,1-2,12H3. The van der Waals surface area contributed by atoms with Gasteiger partial charge in [-0.05, 0) is 11.5 Å². The van der Waals surface area contributed by atoms with Crippen LogP contribution in [0.15, 0.2) is 30.3 Å². The molecule has 1 aromatic rings. The number of benzene rings is 1. The SMILES string of the molecule is CC(C)C([SiH3])(Cl)c1ccccc1. The Morgan fingerprint density at radius 1 is 1.25 bits per heavy atom. The van der Waals surface area contributed by atoms with Gasteiger partial charge in [-0.2, -0.15) is 0 Å². The fourth-order valence-electron chi connectivity index (χ4n) is 1.10. The summed E-state index contributed by atoms with van der Waals surface area (Å²) in [6.45, 7) is 4.35. The lowest BCUT2D eigenvalue weighted by atomic mass is 10.0. The summed E-state index contributed by atoms with van der Waals surface area (Å²) in [6, 6.07) is 10.3. The van der Waals surface area contributed by atoms with Crippen LogP contribution in [0.2, 0.25) is 0 Å². The monoisotopic (exact) mass is 198 g/mol. The summed E-state index contributed by atoms with van der Waals surface area (Å²) in [5, 5.41) is 0. The smallest absolute Gasteiger partial charge is 0.0533 e. The summed E-state index contributed by atoms with van der Waals surface area (Å²) in [6.07, 6.45) is 0. The Morgan fingerprint density at radius 3 is 2.17 bits per heavy atom. The van der Waals surface area contributed by atoms with E-state index in [9.17, 15) is 0 Å². The van der Waals surface area contributed by atoms with E-state index in [-0.39, 0.29) is 4.50 Å². The van der Waals surface area contributed by atoms with Crippen LogP contribution >= 0.6 is 11.6 Å². The molecule has 0 aliphatic rings. The van der Waals surface area contributed by atoms with Gasteiger partial charge in [0, 0.05) is 10.2 Å². The van der Waals surface area contributed by atoms with Crippen molar-refractivity contribution < 1.29 is 0 Å². The van der Waals surface area contributed by atoms with Crippen LogP contribution in [0.4, 0.5) is 0 Å². The molecule has 0 saturated carbocycles. The molecule has 0 fully saturated rings. The largest absolute Gasteiger partial charge is 0.119 e. The van der Waals surface area contributed by atoms with Crippen LogP contribution in [0.1, 0.15) is 19.4 Å². The molecule has 1 rings (SSSR count). The molecule has 0 aromatic heterocycles. The molecule has 66 valence electrons. The highest BCUT2D eigenvalue weighted by Crippen LogP contribution is 2.32. The maximum absolute atomic E-state index is 6.46. The van der Waals surface area contributed by atoms with E-state index in [0.717, 1.165) is 10.2 Å². The Bertz CT molecular complexity index is 241. The first-order valence-corrected chi connectivity index (χ1v) is 5.67. The molecule has 1 aromatic carbocycles. The molecule has 0 N–H and O–H groups in total. The normalized spacial score (nSPS) is 16.3. The number of rotatable bonds is 2. The first-order chi connectivity index (χ1) is 5.55. The van der Waals surface area contributed by atoms with Crippen LogP contribution in [-0.4, -0.2) is 10.2 Å². The highest BCUT2D eigenvalue weighted by atomic mass is 35.5. The summed E-state index contributed by atoms with van der Waals surface area (Å²) in [5.41, 5.74) is 1.26. The van der Waals surface area contributed by atoms with Crippen molar-refractivity contribution in [3.63, 3.8) is 0 Å². The Hall–Kier alpha value is -0.273. The third-order valence-corrected chi connectivity index (χ3v) is 4.81. The van der Waals surface area contributed by atoms with Gasteiger partial charge in [0.25, 0.3) is 0 Å². The predicted molar refractivity (Wildman–Crippen MR) is 58.8 cm³/mol. The number of halogens is 1. The Morgan fingerprint density at radius 2 is 1.75 bits per heavy atom. The summed E-state index contributed by atoms with van der Waals surface area (Å²) in [4.78, 5) is 0. The molecule has 1 atom stereocenters. The highest BCUT2D eigenvalue weighted by Gasteiger charge is 2.26. The number of hydrogen-bond donors (Lipinski definition) is 0. The fraction of sp³-hybridized carbons (Fsp3) is 0.400. The molecular weight excluding hydrogens is 184 g/mol. The quantitative estimate of drug-likeness (QED) is 0.505. The van der Waals surface area contributed by atoms with Gasteiger partial charge in [0.15, 0.2) is 0 Å². The number of hydrogen-bond acceptors (Lipinski definition) is 0. The summed E-state index contributed by atoms with van der Waals surface area (Å²) in [7, 11) is 0.986. The van der Waals surface area contributed by atoms with Crippen LogP contribution < -0.4 is 0 Å².